The van der Waals surface area contributed by atoms with Crippen molar-refractivity contribution in [1.29, 1.82) is 0 Å². The highest BCUT2D eigenvalue weighted by atomic mass is 79.9. The van der Waals surface area contributed by atoms with Gasteiger partial charge in [0.2, 0.25) is 0 Å². The van der Waals surface area contributed by atoms with Crippen molar-refractivity contribution in [3.8, 4) is 0 Å². The first-order chi connectivity index (χ1) is 9.13. The topological polar surface area (TPSA) is 0 Å². The van der Waals surface area contributed by atoms with Gasteiger partial charge in [-0.3, -0.25) is 0 Å². The molecule has 19 heavy (non-hydrogen) atoms. The largest absolute Gasteiger partial charge is 0.113 e. The molecule has 0 saturated carbocycles. The van der Waals surface area contributed by atoms with E-state index in [1.807, 2.05) is 0 Å². The molecule has 0 aliphatic rings. The van der Waals surface area contributed by atoms with Gasteiger partial charge in [-0.05, 0) is 35.6 Å². The third kappa shape index (κ3) is 3.40. The van der Waals surface area contributed by atoms with Crippen LogP contribution in [-0.2, 0) is 6.42 Å². The van der Waals surface area contributed by atoms with E-state index in [2.05, 4.69) is 72.2 Å². The first-order valence-corrected chi connectivity index (χ1v) is 7.84. The van der Waals surface area contributed by atoms with E-state index in [-0.39, 0.29) is 5.38 Å². The van der Waals surface area contributed by atoms with E-state index >= 15 is 0 Å². The van der Waals surface area contributed by atoms with Crippen LogP contribution in [0.4, 0.5) is 0 Å². The number of rotatable bonds is 4. The fourth-order valence-corrected chi connectivity index (χ4v) is 3.14. The van der Waals surface area contributed by atoms with Crippen LogP contribution in [0.15, 0.2) is 46.9 Å². The van der Waals surface area contributed by atoms with E-state index in [0.717, 1.165) is 22.0 Å². The highest BCUT2D eigenvalue weighted by Gasteiger charge is 2.14. The third-order valence-corrected chi connectivity index (χ3v) is 4.88. The lowest BCUT2D eigenvalue weighted by atomic mass is 10.0. The number of benzene rings is 2. The van der Waals surface area contributed by atoms with Crippen molar-refractivity contribution in [3.63, 3.8) is 0 Å². The molecule has 0 bridgehead atoms. The second-order valence-corrected chi connectivity index (χ2v) is 6.06. The summed E-state index contributed by atoms with van der Waals surface area (Å²) in [6, 6.07) is 14.8. The maximum Gasteiger partial charge on any atom is 0.0846 e. The first kappa shape index (κ1) is 14.6. The fraction of sp³-hybridized carbons (Fsp3) is 0.294. The molecule has 2 aromatic carbocycles. The van der Waals surface area contributed by atoms with Gasteiger partial charge in [0.15, 0.2) is 0 Å². The predicted molar refractivity (Wildman–Crippen MR) is 87.0 cm³/mol. The monoisotopic (exact) mass is 336 g/mol. The minimum Gasteiger partial charge on any atom is -0.113 e. The molecular weight excluding hydrogens is 320 g/mol. The van der Waals surface area contributed by atoms with Gasteiger partial charge in [0.1, 0.15) is 0 Å². The van der Waals surface area contributed by atoms with Crippen LogP contribution in [0.2, 0.25) is 0 Å². The Kier molecular flexibility index (Phi) is 5.06. The molecule has 0 radical (unpaired) electrons. The number of halogens is 2. The van der Waals surface area contributed by atoms with Crippen LogP contribution in [0.1, 0.15) is 41.0 Å². The van der Waals surface area contributed by atoms with Gasteiger partial charge in [0.05, 0.1) is 5.38 Å². The lowest BCUT2D eigenvalue weighted by molar-refractivity contribution is 0.920. The summed E-state index contributed by atoms with van der Waals surface area (Å²) in [4.78, 5) is 0. The summed E-state index contributed by atoms with van der Waals surface area (Å²) in [7, 11) is 0. The second-order valence-electron chi connectivity index (χ2n) is 4.83. The predicted octanol–water partition coefficient (Wildman–Crippen LogP) is 6.04. The molecule has 1 atom stereocenters. The zero-order valence-corrected chi connectivity index (χ0v) is 13.6. The molecule has 0 aliphatic heterocycles. The van der Waals surface area contributed by atoms with Crippen molar-refractivity contribution >= 4 is 27.5 Å². The standard InChI is InChI=1S/C17H18BrCl/c1-3-5-13-8-10-14(11-9-13)17(19)15-7-4-6-12(2)16(15)18/h4,6-11,17H,3,5H2,1-2H3. The van der Waals surface area contributed by atoms with Crippen LogP contribution in [0.5, 0.6) is 0 Å². The van der Waals surface area contributed by atoms with Crippen molar-refractivity contribution in [2.24, 2.45) is 0 Å². The normalized spacial score (nSPS) is 12.4. The zero-order chi connectivity index (χ0) is 13.8. The van der Waals surface area contributed by atoms with Gasteiger partial charge in [0, 0.05) is 4.47 Å². The molecule has 0 aromatic heterocycles. The van der Waals surface area contributed by atoms with Crippen LogP contribution >= 0.6 is 27.5 Å². The molecule has 0 N–H and O–H groups in total. The number of aryl methyl sites for hydroxylation is 2. The van der Waals surface area contributed by atoms with Gasteiger partial charge < -0.3 is 0 Å². The molecular formula is C17H18BrCl. The maximum atomic E-state index is 6.61. The Morgan fingerprint density at radius 2 is 1.79 bits per heavy atom. The minimum atomic E-state index is -0.107. The van der Waals surface area contributed by atoms with Gasteiger partial charge >= 0.3 is 0 Å². The van der Waals surface area contributed by atoms with Crippen LogP contribution < -0.4 is 0 Å². The van der Waals surface area contributed by atoms with E-state index in [1.54, 1.807) is 0 Å². The molecule has 0 nitrogen and oxygen atoms in total. The molecule has 0 heterocycles. The van der Waals surface area contributed by atoms with Gasteiger partial charge in [0.25, 0.3) is 0 Å². The molecule has 1 unspecified atom stereocenters. The average Bonchev–Trinajstić information content (AvgIpc) is 2.42. The summed E-state index contributed by atoms with van der Waals surface area (Å²) in [5.41, 5.74) is 4.86. The van der Waals surface area contributed by atoms with Crippen LogP contribution in [0, 0.1) is 6.92 Å². The Labute approximate surface area is 128 Å². The summed E-state index contributed by atoms with van der Waals surface area (Å²) in [5, 5.41) is -0.107. The van der Waals surface area contributed by atoms with Crippen LogP contribution in [-0.4, -0.2) is 0 Å². The zero-order valence-electron chi connectivity index (χ0n) is 11.3. The Morgan fingerprint density at radius 1 is 1.11 bits per heavy atom. The Balaban J connectivity index is 2.28. The summed E-state index contributed by atoms with van der Waals surface area (Å²) < 4.78 is 1.10. The average molecular weight is 338 g/mol. The Bertz CT molecular complexity index is 546. The molecule has 0 saturated heterocycles. The van der Waals surface area contributed by atoms with E-state index in [9.17, 15) is 0 Å². The maximum absolute atomic E-state index is 6.61. The van der Waals surface area contributed by atoms with Crippen LogP contribution in [0.3, 0.4) is 0 Å². The smallest absolute Gasteiger partial charge is 0.0846 e. The van der Waals surface area contributed by atoms with Crippen molar-refractivity contribution in [3.05, 3.63) is 69.2 Å². The SMILES string of the molecule is CCCc1ccc(C(Cl)c2cccc(C)c2Br)cc1. The molecule has 0 amide bonds. The first-order valence-electron chi connectivity index (χ1n) is 6.61. The van der Waals surface area contributed by atoms with Crippen molar-refractivity contribution in [2.75, 3.05) is 0 Å². The lowest BCUT2D eigenvalue weighted by Crippen LogP contribution is -1.96. The fourth-order valence-electron chi connectivity index (χ4n) is 2.19. The third-order valence-electron chi connectivity index (χ3n) is 3.31. The molecule has 0 fully saturated rings. The molecule has 0 aliphatic carbocycles. The quantitative estimate of drug-likeness (QED) is 0.597. The minimum absolute atomic E-state index is 0.107. The lowest BCUT2D eigenvalue weighted by Gasteiger charge is -2.14. The molecule has 0 spiro atoms. The molecule has 100 valence electrons. The number of hydrogen-bond acceptors (Lipinski definition) is 0. The van der Waals surface area contributed by atoms with Gasteiger partial charge in [-0.15, -0.1) is 11.6 Å². The van der Waals surface area contributed by atoms with Crippen molar-refractivity contribution < 1.29 is 0 Å². The van der Waals surface area contributed by atoms with E-state index in [0.29, 0.717) is 0 Å². The van der Waals surface area contributed by atoms with Gasteiger partial charge in [-0.1, -0.05) is 71.7 Å². The second kappa shape index (κ2) is 6.58. The molecule has 2 heteroatoms. The van der Waals surface area contributed by atoms with E-state index < -0.39 is 0 Å². The summed E-state index contributed by atoms with van der Waals surface area (Å²) in [5.74, 6) is 0. The van der Waals surface area contributed by atoms with Gasteiger partial charge in [-0.25, -0.2) is 0 Å². The summed E-state index contributed by atoms with van der Waals surface area (Å²) in [6.07, 6.45) is 2.30. The van der Waals surface area contributed by atoms with E-state index in [1.165, 1.54) is 17.5 Å². The Morgan fingerprint density at radius 3 is 2.42 bits per heavy atom. The van der Waals surface area contributed by atoms with Crippen LogP contribution in [0.25, 0.3) is 0 Å². The van der Waals surface area contributed by atoms with Gasteiger partial charge in [-0.2, -0.15) is 0 Å². The van der Waals surface area contributed by atoms with E-state index in [4.69, 9.17) is 11.6 Å². The number of alkyl halides is 1. The highest BCUT2D eigenvalue weighted by molar-refractivity contribution is 9.10. The highest BCUT2D eigenvalue weighted by Crippen LogP contribution is 2.35. The summed E-state index contributed by atoms with van der Waals surface area (Å²) >= 11 is 10.2. The molecule has 2 aromatic rings. The summed E-state index contributed by atoms with van der Waals surface area (Å²) in [6.45, 7) is 4.28. The van der Waals surface area contributed by atoms with Crippen molar-refractivity contribution in [1.82, 2.24) is 0 Å². The van der Waals surface area contributed by atoms with Crippen molar-refractivity contribution in [2.45, 2.75) is 32.1 Å². The number of hydrogen-bond donors (Lipinski definition) is 0. The molecule has 2 rings (SSSR count). The Hall–Kier alpha value is -0.790.